The first kappa shape index (κ1) is 28.8. The Balaban J connectivity index is 1.42. The van der Waals surface area contributed by atoms with Crippen LogP contribution in [-0.2, 0) is 0 Å². The topological polar surface area (TPSA) is 30.7 Å². The van der Waals surface area contributed by atoms with E-state index in [4.69, 9.17) is 4.98 Å². The first-order valence-corrected chi connectivity index (χ1v) is 17.1. The highest BCUT2D eigenvalue weighted by Gasteiger charge is 2.24. The molecule has 0 unspecified atom stereocenters. The predicted octanol–water partition coefficient (Wildman–Crippen LogP) is 12.1. The molecular formula is C43H32FN3S. The van der Waals surface area contributed by atoms with Gasteiger partial charge in [0.05, 0.1) is 16.7 Å². The zero-order valence-electron chi connectivity index (χ0n) is 27.4. The number of nitrogens with zero attached hydrogens (tertiary/aromatic N) is 3. The fourth-order valence-electron chi connectivity index (χ4n) is 7.63. The van der Waals surface area contributed by atoms with Gasteiger partial charge in [0, 0.05) is 37.6 Å². The van der Waals surface area contributed by atoms with Crippen LogP contribution in [0.15, 0.2) is 103 Å². The minimum absolute atomic E-state index is 0.240. The second-order valence-corrected chi connectivity index (χ2v) is 14.1. The Kier molecular flexibility index (Phi) is 6.34. The molecule has 0 saturated carbocycles. The Morgan fingerprint density at radius 2 is 1.35 bits per heavy atom. The van der Waals surface area contributed by atoms with Crippen LogP contribution >= 0.6 is 11.3 Å². The van der Waals surface area contributed by atoms with Gasteiger partial charge in [-0.2, -0.15) is 0 Å². The van der Waals surface area contributed by atoms with Crippen molar-refractivity contribution in [3.05, 3.63) is 137 Å². The molecule has 3 nitrogen and oxygen atoms in total. The van der Waals surface area contributed by atoms with Crippen LogP contribution in [0.1, 0.15) is 27.9 Å². The van der Waals surface area contributed by atoms with Crippen LogP contribution in [0.2, 0.25) is 0 Å². The molecule has 0 N–H and O–H groups in total. The molecule has 48 heavy (non-hydrogen) atoms. The van der Waals surface area contributed by atoms with Crippen molar-refractivity contribution >= 4 is 64.1 Å². The lowest BCUT2D eigenvalue weighted by atomic mass is 9.92. The fraction of sp³-hybridized carbons (Fsp3) is 0.116. The van der Waals surface area contributed by atoms with E-state index in [-0.39, 0.29) is 5.82 Å². The third-order valence-electron chi connectivity index (χ3n) is 10.0. The lowest BCUT2D eigenvalue weighted by molar-refractivity contribution is 0.641. The molecule has 9 aromatic rings. The Bertz CT molecular complexity index is 2770. The molecule has 0 aliphatic heterocycles. The Hall–Kier alpha value is -5.39. The molecule has 0 spiro atoms. The number of benzene rings is 6. The molecule has 3 aromatic heterocycles. The molecule has 232 valence electrons. The summed E-state index contributed by atoms with van der Waals surface area (Å²) < 4.78 is 19.9. The molecule has 0 aliphatic rings. The van der Waals surface area contributed by atoms with Crippen molar-refractivity contribution in [2.24, 2.45) is 0 Å². The van der Waals surface area contributed by atoms with Crippen LogP contribution in [0.25, 0.3) is 81.0 Å². The Morgan fingerprint density at radius 3 is 2.12 bits per heavy atom. The van der Waals surface area contributed by atoms with E-state index in [1.807, 2.05) is 25.1 Å². The van der Waals surface area contributed by atoms with Crippen LogP contribution in [0.5, 0.6) is 0 Å². The molecule has 0 fully saturated rings. The summed E-state index contributed by atoms with van der Waals surface area (Å²) in [5.74, 6) is 0.565. The van der Waals surface area contributed by atoms with Crippen LogP contribution < -0.4 is 0 Å². The number of hydrogen-bond acceptors (Lipinski definition) is 3. The predicted molar refractivity (Wildman–Crippen MR) is 201 cm³/mol. The second kappa shape index (κ2) is 10.6. The molecular weight excluding hydrogens is 610 g/mol. The van der Waals surface area contributed by atoms with Crippen molar-refractivity contribution in [3.8, 4) is 28.2 Å². The van der Waals surface area contributed by atoms with E-state index in [9.17, 15) is 0 Å². The maximum absolute atomic E-state index is 15.7. The monoisotopic (exact) mass is 641 g/mol. The highest BCUT2D eigenvalue weighted by molar-refractivity contribution is 7.26. The average Bonchev–Trinajstić information content (AvgIpc) is 3.65. The molecule has 0 saturated heterocycles. The molecule has 6 aromatic carbocycles. The molecule has 0 atom stereocenters. The van der Waals surface area contributed by atoms with Gasteiger partial charge in [0.2, 0.25) is 0 Å². The normalized spacial score (nSPS) is 12.0. The number of pyridine rings is 1. The summed E-state index contributed by atoms with van der Waals surface area (Å²) in [7, 11) is 0. The lowest BCUT2D eigenvalue weighted by Gasteiger charge is -2.18. The van der Waals surface area contributed by atoms with Crippen molar-refractivity contribution in [1.29, 1.82) is 0 Å². The Morgan fingerprint density at radius 1 is 0.646 bits per heavy atom. The maximum Gasteiger partial charge on any atom is 0.147 e. The lowest BCUT2D eigenvalue weighted by Crippen LogP contribution is -2.04. The van der Waals surface area contributed by atoms with E-state index >= 15 is 4.39 Å². The molecule has 0 amide bonds. The summed E-state index contributed by atoms with van der Waals surface area (Å²) in [6.45, 7) is 10.8. The second-order valence-electron chi connectivity index (χ2n) is 13.0. The SMILES string of the molecule is Cc1cc2sc3c(-c4nc5cc6c(cc5n4-c4c(C)cc(-c5ccccc5)cc4C)c(C)c(C)c4ccccc46)ccc(F)c3c2cn1. The molecule has 0 aliphatic carbocycles. The van der Waals surface area contributed by atoms with Crippen molar-refractivity contribution < 1.29 is 4.39 Å². The summed E-state index contributed by atoms with van der Waals surface area (Å²) >= 11 is 1.61. The van der Waals surface area contributed by atoms with Gasteiger partial charge in [-0.05, 0) is 132 Å². The van der Waals surface area contributed by atoms with Crippen LogP contribution in [0, 0.1) is 40.4 Å². The highest BCUT2D eigenvalue weighted by Crippen LogP contribution is 2.44. The van der Waals surface area contributed by atoms with E-state index in [1.165, 1.54) is 43.8 Å². The summed E-state index contributed by atoms with van der Waals surface area (Å²) in [4.78, 5) is 9.95. The van der Waals surface area contributed by atoms with E-state index in [0.29, 0.717) is 5.39 Å². The smallest absolute Gasteiger partial charge is 0.147 e. The number of halogens is 1. The zero-order valence-corrected chi connectivity index (χ0v) is 28.3. The number of fused-ring (bicyclic) bond motifs is 7. The van der Waals surface area contributed by atoms with Crippen LogP contribution in [0.3, 0.4) is 0 Å². The third kappa shape index (κ3) is 4.17. The van der Waals surface area contributed by atoms with Crippen LogP contribution in [-0.4, -0.2) is 14.5 Å². The fourth-order valence-corrected chi connectivity index (χ4v) is 8.92. The molecule has 3 heterocycles. The van der Waals surface area contributed by atoms with E-state index < -0.39 is 0 Å². The van der Waals surface area contributed by atoms with Crippen molar-refractivity contribution in [2.45, 2.75) is 34.6 Å². The van der Waals surface area contributed by atoms with Gasteiger partial charge in [0.15, 0.2) is 0 Å². The van der Waals surface area contributed by atoms with Gasteiger partial charge < -0.3 is 0 Å². The van der Waals surface area contributed by atoms with Crippen molar-refractivity contribution in [3.63, 3.8) is 0 Å². The standard InChI is InChI=1S/C43H32FN3S/c1-23-17-29(28-11-7-6-8-12-28)18-24(2)41(23)47-38-21-33-27(5)26(4)30-13-9-10-14-31(30)34(33)20-37(38)46-43(47)32-15-16-36(44)40-35-22-45-25(3)19-39(35)48-42(32)40/h6-22H,1-5H3. The van der Waals surface area contributed by atoms with Gasteiger partial charge in [0.25, 0.3) is 0 Å². The zero-order chi connectivity index (χ0) is 32.8. The van der Waals surface area contributed by atoms with Crippen LogP contribution in [0.4, 0.5) is 4.39 Å². The quantitative estimate of drug-likeness (QED) is 0.180. The van der Waals surface area contributed by atoms with E-state index in [1.54, 1.807) is 23.6 Å². The number of aryl methyl sites for hydroxylation is 5. The molecule has 0 radical (unpaired) electrons. The summed E-state index contributed by atoms with van der Waals surface area (Å²) in [5, 5.41) is 6.34. The summed E-state index contributed by atoms with van der Waals surface area (Å²) in [6, 6.07) is 33.8. The molecule has 9 rings (SSSR count). The minimum Gasteiger partial charge on any atom is -0.292 e. The number of imidazole rings is 1. The number of hydrogen-bond donors (Lipinski definition) is 0. The molecule has 0 bridgehead atoms. The largest absolute Gasteiger partial charge is 0.292 e. The maximum atomic E-state index is 15.7. The number of thiophene rings is 1. The van der Waals surface area contributed by atoms with Crippen molar-refractivity contribution in [2.75, 3.05) is 0 Å². The van der Waals surface area contributed by atoms with Crippen molar-refractivity contribution in [1.82, 2.24) is 14.5 Å². The third-order valence-corrected chi connectivity index (χ3v) is 11.2. The van der Waals surface area contributed by atoms with Gasteiger partial charge in [-0.15, -0.1) is 11.3 Å². The number of rotatable bonds is 3. The first-order chi connectivity index (χ1) is 23.3. The summed E-state index contributed by atoms with van der Waals surface area (Å²) in [6.07, 6.45) is 1.80. The Labute approximate surface area is 282 Å². The minimum atomic E-state index is -0.240. The highest BCUT2D eigenvalue weighted by atomic mass is 32.1. The average molecular weight is 642 g/mol. The van der Waals surface area contributed by atoms with Gasteiger partial charge in [-0.1, -0.05) is 54.6 Å². The van der Waals surface area contributed by atoms with Gasteiger partial charge >= 0.3 is 0 Å². The van der Waals surface area contributed by atoms with E-state index in [2.05, 4.69) is 110 Å². The first-order valence-electron chi connectivity index (χ1n) is 16.3. The molecule has 5 heteroatoms. The summed E-state index contributed by atoms with van der Waals surface area (Å²) in [5.41, 5.74) is 12.1. The van der Waals surface area contributed by atoms with E-state index in [0.717, 1.165) is 59.7 Å². The van der Waals surface area contributed by atoms with Gasteiger partial charge in [-0.3, -0.25) is 9.55 Å². The number of aromatic nitrogens is 3. The van der Waals surface area contributed by atoms with Gasteiger partial charge in [0.1, 0.15) is 11.6 Å². The van der Waals surface area contributed by atoms with Gasteiger partial charge in [-0.25, -0.2) is 9.37 Å².